The van der Waals surface area contributed by atoms with Gasteiger partial charge in [0.05, 0.1) is 24.8 Å². The molecule has 3 rings (SSSR count). The predicted octanol–water partition coefficient (Wildman–Crippen LogP) is 2.18. The third-order valence-corrected chi connectivity index (χ3v) is 4.44. The van der Waals surface area contributed by atoms with Crippen LogP contribution in [0.4, 0.5) is 4.39 Å². The quantitative estimate of drug-likeness (QED) is 0.772. The number of hydrogen-bond donors (Lipinski definition) is 3. The summed E-state index contributed by atoms with van der Waals surface area (Å²) >= 11 is 0. The van der Waals surface area contributed by atoms with Crippen LogP contribution in [-0.4, -0.2) is 34.3 Å². The van der Waals surface area contributed by atoms with E-state index in [9.17, 15) is 19.4 Å². The lowest BCUT2D eigenvalue weighted by molar-refractivity contribution is 0.0234. The van der Waals surface area contributed by atoms with E-state index in [1.807, 2.05) is 0 Å². The first-order valence-electron chi connectivity index (χ1n) is 7.95. The number of carbonyl (C=O) groups excluding carboxylic acids is 1. The lowest BCUT2D eigenvalue weighted by Crippen LogP contribution is -2.41. The molecule has 0 radical (unpaired) electrons. The Morgan fingerprint density at radius 2 is 2.12 bits per heavy atom. The zero-order chi connectivity index (χ0) is 18.0. The molecule has 25 heavy (non-hydrogen) atoms. The number of aromatic hydroxyl groups is 1. The number of halogens is 1. The Labute approximate surface area is 144 Å². The molecule has 1 fully saturated rings. The average Bonchev–Trinajstić information content (AvgIpc) is 2.57. The number of amides is 1. The van der Waals surface area contributed by atoms with Crippen molar-refractivity contribution >= 4 is 5.91 Å². The summed E-state index contributed by atoms with van der Waals surface area (Å²) in [5.41, 5.74) is 0.764. The van der Waals surface area contributed by atoms with Gasteiger partial charge in [-0.05, 0) is 36.5 Å². The number of nitrogens with one attached hydrogen (secondary N) is 1. The molecular weight excluding hydrogens is 327 g/mol. The summed E-state index contributed by atoms with van der Waals surface area (Å²) in [7, 11) is 1.51. The zero-order valence-electron chi connectivity index (χ0n) is 13.6. The Morgan fingerprint density at radius 1 is 1.36 bits per heavy atom. The number of methoxy groups -OCH3 is 1. The van der Waals surface area contributed by atoms with Crippen molar-refractivity contribution in [2.24, 2.45) is 5.92 Å². The minimum absolute atomic E-state index is 0.00672. The Balaban J connectivity index is 1.83. The number of rotatable bonds is 5. The molecule has 0 aliphatic heterocycles. The molecule has 1 atom stereocenters. The van der Waals surface area contributed by atoms with E-state index in [4.69, 9.17) is 4.74 Å². The SMILES string of the molecule is COc1ccc([C@@H](NC(=O)c2ccc(F)cc2O)C2CC(O)C2)cn1. The number of pyridine rings is 1. The second-order valence-electron chi connectivity index (χ2n) is 6.13. The molecule has 3 N–H and O–H groups in total. The second kappa shape index (κ2) is 7.06. The third kappa shape index (κ3) is 3.71. The van der Waals surface area contributed by atoms with Crippen LogP contribution < -0.4 is 10.1 Å². The number of aliphatic hydroxyl groups excluding tert-OH is 1. The lowest BCUT2D eigenvalue weighted by Gasteiger charge is -2.38. The van der Waals surface area contributed by atoms with E-state index in [1.165, 1.54) is 13.2 Å². The Kier molecular flexibility index (Phi) is 4.85. The van der Waals surface area contributed by atoms with Gasteiger partial charge in [-0.15, -0.1) is 0 Å². The number of ether oxygens (including phenoxy) is 1. The van der Waals surface area contributed by atoms with Crippen LogP contribution in [0.1, 0.15) is 34.8 Å². The van der Waals surface area contributed by atoms with Gasteiger partial charge in [0.1, 0.15) is 11.6 Å². The standard InChI is InChI=1S/C18H19FN2O4/c1-25-16-5-2-10(9-20-16)17(11-6-13(22)7-11)21-18(24)14-4-3-12(19)8-15(14)23/h2-5,8-9,11,13,17,22-23H,6-7H2,1H3,(H,21,24)/t11?,13?,17-/m1/s1. The Bertz CT molecular complexity index is 760. The summed E-state index contributed by atoms with van der Waals surface area (Å²) in [5.74, 6) is -1.04. The van der Waals surface area contributed by atoms with Gasteiger partial charge in [-0.2, -0.15) is 0 Å². The fraction of sp³-hybridized carbons (Fsp3) is 0.333. The van der Waals surface area contributed by atoms with E-state index in [2.05, 4.69) is 10.3 Å². The van der Waals surface area contributed by atoms with Crippen molar-refractivity contribution < 1.29 is 24.1 Å². The highest BCUT2D eigenvalue weighted by molar-refractivity contribution is 5.97. The first-order valence-corrected chi connectivity index (χ1v) is 7.95. The van der Waals surface area contributed by atoms with Crippen LogP contribution >= 0.6 is 0 Å². The number of benzene rings is 1. The summed E-state index contributed by atoms with van der Waals surface area (Å²) in [6, 6.07) is 6.36. The first-order chi connectivity index (χ1) is 12.0. The van der Waals surface area contributed by atoms with Crippen LogP contribution in [-0.2, 0) is 0 Å². The number of phenols is 1. The van der Waals surface area contributed by atoms with Gasteiger partial charge in [0.2, 0.25) is 5.88 Å². The summed E-state index contributed by atoms with van der Waals surface area (Å²) < 4.78 is 18.1. The largest absolute Gasteiger partial charge is 0.507 e. The van der Waals surface area contributed by atoms with E-state index in [0.29, 0.717) is 18.7 Å². The molecule has 2 aromatic rings. The fourth-order valence-corrected chi connectivity index (χ4v) is 2.99. The molecule has 1 aliphatic carbocycles. The van der Waals surface area contributed by atoms with Crippen LogP contribution in [0.3, 0.4) is 0 Å². The van der Waals surface area contributed by atoms with Crippen LogP contribution in [0.15, 0.2) is 36.5 Å². The van der Waals surface area contributed by atoms with Crippen molar-refractivity contribution in [1.82, 2.24) is 10.3 Å². The van der Waals surface area contributed by atoms with E-state index in [1.54, 1.807) is 18.3 Å². The van der Waals surface area contributed by atoms with Gasteiger partial charge in [0.15, 0.2) is 0 Å². The maximum absolute atomic E-state index is 13.1. The molecule has 0 bridgehead atoms. The fourth-order valence-electron chi connectivity index (χ4n) is 2.99. The van der Waals surface area contributed by atoms with Gasteiger partial charge in [-0.25, -0.2) is 9.37 Å². The monoisotopic (exact) mass is 346 g/mol. The number of carbonyl (C=O) groups is 1. The first kappa shape index (κ1) is 17.2. The number of hydrogen-bond acceptors (Lipinski definition) is 5. The molecule has 0 saturated heterocycles. The van der Waals surface area contributed by atoms with E-state index >= 15 is 0 Å². The number of aliphatic hydroxyl groups is 1. The maximum atomic E-state index is 13.1. The molecule has 1 aromatic carbocycles. The highest BCUT2D eigenvalue weighted by Crippen LogP contribution is 2.38. The summed E-state index contributed by atoms with van der Waals surface area (Å²) in [6.45, 7) is 0. The number of aromatic nitrogens is 1. The highest BCUT2D eigenvalue weighted by atomic mass is 19.1. The van der Waals surface area contributed by atoms with E-state index < -0.39 is 17.5 Å². The van der Waals surface area contributed by atoms with Gasteiger partial charge >= 0.3 is 0 Å². The van der Waals surface area contributed by atoms with Crippen LogP contribution in [0, 0.1) is 11.7 Å². The van der Waals surface area contributed by atoms with Crippen molar-refractivity contribution in [2.75, 3.05) is 7.11 Å². The Morgan fingerprint density at radius 3 is 2.68 bits per heavy atom. The average molecular weight is 346 g/mol. The van der Waals surface area contributed by atoms with Crippen molar-refractivity contribution in [1.29, 1.82) is 0 Å². The molecule has 0 unspecified atom stereocenters. The molecule has 132 valence electrons. The topological polar surface area (TPSA) is 91.7 Å². The molecule has 1 amide bonds. The van der Waals surface area contributed by atoms with Crippen molar-refractivity contribution in [3.8, 4) is 11.6 Å². The van der Waals surface area contributed by atoms with E-state index in [-0.39, 0.29) is 23.6 Å². The number of nitrogens with zero attached hydrogens (tertiary/aromatic N) is 1. The molecule has 1 aromatic heterocycles. The smallest absolute Gasteiger partial charge is 0.255 e. The predicted molar refractivity (Wildman–Crippen MR) is 87.8 cm³/mol. The van der Waals surface area contributed by atoms with E-state index in [0.717, 1.165) is 17.7 Å². The third-order valence-electron chi connectivity index (χ3n) is 4.44. The van der Waals surface area contributed by atoms with Gasteiger partial charge in [0.25, 0.3) is 5.91 Å². The molecule has 6 nitrogen and oxygen atoms in total. The maximum Gasteiger partial charge on any atom is 0.255 e. The summed E-state index contributed by atoms with van der Waals surface area (Å²) in [5, 5.41) is 22.2. The summed E-state index contributed by atoms with van der Waals surface area (Å²) in [6.07, 6.45) is 2.35. The van der Waals surface area contributed by atoms with Crippen molar-refractivity contribution in [3.63, 3.8) is 0 Å². The Hall–Kier alpha value is -2.67. The second-order valence-corrected chi connectivity index (χ2v) is 6.13. The van der Waals surface area contributed by atoms with Gasteiger partial charge < -0.3 is 20.3 Å². The lowest BCUT2D eigenvalue weighted by atomic mass is 9.75. The van der Waals surface area contributed by atoms with Gasteiger partial charge in [-0.1, -0.05) is 6.07 Å². The molecular formula is C18H19FN2O4. The minimum atomic E-state index is -0.618. The molecule has 1 saturated carbocycles. The molecule has 0 spiro atoms. The van der Waals surface area contributed by atoms with Gasteiger partial charge in [0, 0.05) is 18.3 Å². The van der Waals surface area contributed by atoms with Crippen molar-refractivity contribution in [2.45, 2.75) is 25.0 Å². The van der Waals surface area contributed by atoms with Crippen LogP contribution in [0.2, 0.25) is 0 Å². The number of phenolic OH excluding ortho intramolecular Hbond substituents is 1. The molecule has 1 heterocycles. The van der Waals surface area contributed by atoms with Crippen molar-refractivity contribution in [3.05, 3.63) is 53.5 Å². The van der Waals surface area contributed by atoms with Crippen LogP contribution in [0.5, 0.6) is 11.6 Å². The summed E-state index contributed by atoms with van der Waals surface area (Å²) in [4.78, 5) is 16.7. The highest BCUT2D eigenvalue weighted by Gasteiger charge is 2.36. The molecule has 1 aliphatic rings. The van der Waals surface area contributed by atoms with Crippen LogP contribution in [0.25, 0.3) is 0 Å². The minimum Gasteiger partial charge on any atom is -0.507 e. The zero-order valence-corrected chi connectivity index (χ0v) is 13.6. The van der Waals surface area contributed by atoms with Gasteiger partial charge in [-0.3, -0.25) is 4.79 Å². The normalized spacial score (nSPS) is 20.4. The molecule has 7 heteroatoms.